The number of benzene rings is 2. The van der Waals surface area contributed by atoms with Crippen LogP contribution in [0.25, 0.3) is 0 Å². The Morgan fingerprint density at radius 3 is 2.65 bits per heavy atom. The Bertz CT molecular complexity index is 1050. The van der Waals surface area contributed by atoms with Crippen LogP contribution in [0.5, 0.6) is 11.5 Å². The standard InChI is InChI=1S/C22H23ClN4O3S/c1-4-11-27-20(13-30-18-8-6-17(29-3)7-9-18)25-26-22(27)31-14-21(28)24-19-10-5-16(23)12-15(19)2/h4-10,12H,1,11,13-14H2,2-3H3,(H,24,28). The van der Waals surface area contributed by atoms with Crippen LogP contribution in [0, 0.1) is 6.92 Å². The quantitative estimate of drug-likeness (QED) is 0.349. The van der Waals surface area contributed by atoms with Crippen molar-refractivity contribution in [2.45, 2.75) is 25.2 Å². The fourth-order valence-electron chi connectivity index (χ4n) is 2.75. The molecule has 0 aliphatic rings. The second-order valence-corrected chi connectivity index (χ2v) is 7.94. The Kier molecular flexibility index (Phi) is 7.97. The first kappa shape index (κ1) is 22.7. The number of carbonyl (C=O) groups excluding carboxylic acids is 1. The van der Waals surface area contributed by atoms with Gasteiger partial charge in [0.25, 0.3) is 0 Å². The molecule has 0 unspecified atom stereocenters. The summed E-state index contributed by atoms with van der Waals surface area (Å²) in [6.45, 7) is 6.43. The van der Waals surface area contributed by atoms with E-state index in [0.717, 1.165) is 17.0 Å². The number of nitrogens with one attached hydrogen (secondary N) is 1. The molecule has 7 nitrogen and oxygen atoms in total. The Morgan fingerprint density at radius 2 is 1.97 bits per heavy atom. The molecule has 3 rings (SSSR count). The number of hydrogen-bond donors (Lipinski definition) is 1. The molecule has 0 fully saturated rings. The molecule has 0 atom stereocenters. The molecule has 1 N–H and O–H groups in total. The molecule has 1 amide bonds. The molecule has 162 valence electrons. The first-order chi connectivity index (χ1) is 15.0. The highest BCUT2D eigenvalue weighted by Gasteiger charge is 2.15. The van der Waals surface area contributed by atoms with Crippen molar-refractivity contribution in [3.63, 3.8) is 0 Å². The molecule has 31 heavy (non-hydrogen) atoms. The highest BCUT2D eigenvalue weighted by molar-refractivity contribution is 7.99. The van der Waals surface area contributed by atoms with E-state index in [0.29, 0.717) is 28.3 Å². The van der Waals surface area contributed by atoms with Gasteiger partial charge in [-0.05, 0) is 55.0 Å². The monoisotopic (exact) mass is 458 g/mol. The molecule has 0 radical (unpaired) electrons. The molecule has 9 heteroatoms. The zero-order valence-corrected chi connectivity index (χ0v) is 18.9. The van der Waals surface area contributed by atoms with Gasteiger partial charge >= 0.3 is 0 Å². The summed E-state index contributed by atoms with van der Waals surface area (Å²) in [5.41, 5.74) is 1.63. The van der Waals surface area contributed by atoms with Crippen LogP contribution in [0.2, 0.25) is 5.02 Å². The van der Waals surface area contributed by atoms with Gasteiger partial charge in [-0.3, -0.25) is 9.36 Å². The Morgan fingerprint density at radius 1 is 1.23 bits per heavy atom. The average Bonchev–Trinajstić information content (AvgIpc) is 3.15. The third-order valence-electron chi connectivity index (χ3n) is 4.33. The van der Waals surface area contributed by atoms with Crippen molar-refractivity contribution >= 4 is 35.0 Å². The number of amides is 1. The van der Waals surface area contributed by atoms with Gasteiger partial charge in [0.05, 0.1) is 12.9 Å². The third-order valence-corrected chi connectivity index (χ3v) is 5.53. The molecule has 1 heterocycles. The number of halogens is 1. The summed E-state index contributed by atoms with van der Waals surface area (Å²) >= 11 is 7.27. The molecule has 0 aliphatic carbocycles. The number of rotatable bonds is 10. The molecule has 0 bridgehead atoms. The van der Waals surface area contributed by atoms with Gasteiger partial charge in [0.1, 0.15) is 18.1 Å². The fourth-order valence-corrected chi connectivity index (χ4v) is 3.74. The number of anilines is 1. The summed E-state index contributed by atoms with van der Waals surface area (Å²) in [6, 6.07) is 12.6. The summed E-state index contributed by atoms with van der Waals surface area (Å²) in [5, 5.41) is 12.6. The predicted octanol–water partition coefficient (Wildman–Crippen LogP) is 4.74. The minimum atomic E-state index is -0.139. The van der Waals surface area contributed by atoms with E-state index in [1.165, 1.54) is 11.8 Å². The fraction of sp³-hybridized carbons (Fsp3) is 0.227. The van der Waals surface area contributed by atoms with Gasteiger partial charge in [0, 0.05) is 17.3 Å². The zero-order valence-electron chi connectivity index (χ0n) is 17.3. The average molecular weight is 459 g/mol. The van der Waals surface area contributed by atoms with Crippen molar-refractivity contribution in [3.8, 4) is 11.5 Å². The van der Waals surface area contributed by atoms with Crippen LogP contribution in [0.15, 0.2) is 60.3 Å². The summed E-state index contributed by atoms with van der Waals surface area (Å²) in [7, 11) is 1.61. The maximum absolute atomic E-state index is 12.4. The zero-order chi connectivity index (χ0) is 22.2. The van der Waals surface area contributed by atoms with Gasteiger partial charge in [-0.25, -0.2) is 0 Å². The maximum atomic E-state index is 12.4. The van der Waals surface area contributed by atoms with Crippen LogP contribution >= 0.6 is 23.4 Å². The van der Waals surface area contributed by atoms with Crippen molar-refractivity contribution in [3.05, 3.63) is 71.5 Å². The van der Waals surface area contributed by atoms with Crippen molar-refractivity contribution in [1.29, 1.82) is 0 Å². The van der Waals surface area contributed by atoms with E-state index in [-0.39, 0.29) is 18.3 Å². The summed E-state index contributed by atoms with van der Waals surface area (Å²) in [6.07, 6.45) is 1.75. The van der Waals surface area contributed by atoms with E-state index in [2.05, 4.69) is 22.1 Å². The van der Waals surface area contributed by atoms with Crippen LogP contribution in [0.3, 0.4) is 0 Å². The van der Waals surface area contributed by atoms with Crippen LogP contribution in [-0.2, 0) is 17.9 Å². The second kappa shape index (κ2) is 10.9. The highest BCUT2D eigenvalue weighted by atomic mass is 35.5. The Balaban J connectivity index is 1.61. The van der Waals surface area contributed by atoms with E-state index in [1.54, 1.807) is 31.4 Å². The van der Waals surface area contributed by atoms with Crippen molar-refractivity contribution in [1.82, 2.24) is 14.8 Å². The first-order valence-electron chi connectivity index (χ1n) is 9.48. The van der Waals surface area contributed by atoms with E-state index in [4.69, 9.17) is 21.1 Å². The normalized spacial score (nSPS) is 10.5. The van der Waals surface area contributed by atoms with Gasteiger partial charge in [-0.1, -0.05) is 29.4 Å². The Hall–Kier alpha value is -2.97. The number of aromatic nitrogens is 3. The number of ether oxygens (including phenoxy) is 2. The molecular formula is C22H23ClN4O3S. The molecule has 1 aromatic heterocycles. The van der Waals surface area contributed by atoms with E-state index in [1.807, 2.05) is 35.8 Å². The lowest BCUT2D eigenvalue weighted by molar-refractivity contribution is -0.113. The third kappa shape index (κ3) is 6.26. The van der Waals surface area contributed by atoms with Gasteiger partial charge in [0.2, 0.25) is 5.91 Å². The van der Waals surface area contributed by atoms with Crippen molar-refractivity contribution < 1.29 is 14.3 Å². The molecule has 0 aliphatic heterocycles. The maximum Gasteiger partial charge on any atom is 0.234 e. The van der Waals surface area contributed by atoms with Crippen LogP contribution in [0.1, 0.15) is 11.4 Å². The van der Waals surface area contributed by atoms with Crippen LogP contribution < -0.4 is 14.8 Å². The molecule has 2 aromatic carbocycles. The minimum absolute atomic E-state index is 0.139. The summed E-state index contributed by atoms with van der Waals surface area (Å²) < 4.78 is 12.8. The van der Waals surface area contributed by atoms with E-state index >= 15 is 0 Å². The lowest BCUT2D eigenvalue weighted by Crippen LogP contribution is -2.15. The summed E-state index contributed by atoms with van der Waals surface area (Å²) in [4.78, 5) is 12.4. The lowest BCUT2D eigenvalue weighted by Gasteiger charge is -2.10. The van der Waals surface area contributed by atoms with Crippen LogP contribution in [0.4, 0.5) is 5.69 Å². The highest BCUT2D eigenvalue weighted by Crippen LogP contribution is 2.22. The second-order valence-electron chi connectivity index (χ2n) is 6.56. The number of methoxy groups -OCH3 is 1. The number of thioether (sulfide) groups is 1. The summed E-state index contributed by atoms with van der Waals surface area (Å²) in [5.74, 6) is 2.15. The van der Waals surface area contributed by atoms with Crippen molar-refractivity contribution in [2.24, 2.45) is 0 Å². The number of carbonyl (C=O) groups is 1. The number of allylic oxidation sites excluding steroid dienone is 1. The van der Waals surface area contributed by atoms with Gasteiger partial charge in [-0.15, -0.1) is 16.8 Å². The van der Waals surface area contributed by atoms with E-state index in [9.17, 15) is 4.79 Å². The van der Waals surface area contributed by atoms with Crippen LogP contribution in [-0.4, -0.2) is 33.5 Å². The lowest BCUT2D eigenvalue weighted by atomic mass is 10.2. The number of aryl methyl sites for hydroxylation is 1. The predicted molar refractivity (Wildman–Crippen MR) is 123 cm³/mol. The Labute approximate surface area is 190 Å². The molecule has 0 saturated carbocycles. The van der Waals surface area contributed by atoms with Crippen molar-refractivity contribution in [2.75, 3.05) is 18.2 Å². The van der Waals surface area contributed by atoms with E-state index < -0.39 is 0 Å². The topological polar surface area (TPSA) is 78.3 Å². The number of nitrogens with zero attached hydrogens (tertiary/aromatic N) is 3. The molecule has 0 saturated heterocycles. The molecule has 0 spiro atoms. The minimum Gasteiger partial charge on any atom is -0.497 e. The molecular weight excluding hydrogens is 436 g/mol. The first-order valence-corrected chi connectivity index (χ1v) is 10.8. The molecule has 3 aromatic rings. The van der Waals surface area contributed by atoms with Gasteiger partial charge < -0.3 is 14.8 Å². The number of hydrogen-bond acceptors (Lipinski definition) is 6. The largest absolute Gasteiger partial charge is 0.497 e. The van der Waals surface area contributed by atoms with Gasteiger partial charge in [-0.2, -0.15) is 0 Å². The smallest absolute Gasteiger partial charge is 0.234 e. The van der Waals surface area contributed by atoms with Gasteiger partial charge in [0.15, 0.2) is 11.0 Å². The SMILES string of the molecule is C=CCn1c(COc2ccc(OC)cc2)nnc1SCC(=O)Nc1ccc(Cl)cc1C.